The molecule has 0 aliphatic heterocycles. The molecule has 0 spiro atoms. The van der Waals surface area contributed by atoms with Crippen LogP contribution in [-0.2, 0) is 12.4 Å². The molecule has 0 radical (unpaired) electrons. The zero-order valence-electron chi connectivity index (χ0n) is 23.3. The Morgan fingerprint density at radius 2 is 0.935 bits per heavy atom. The van der Waals surface area contributed by atoms with E-state index in [1.807, 2.05) is 12.1 Å². The smallest absolute Gasteiger partial charge is 0.332 e. The summed E-state index contributed by atoms with van der Waals surface area (Å²) in [6, 6.07) is 24.2. The van der Waals surface area contributed by atoms with Crippen molar-refractivity contribution in [2.24, 2.45) is 10.2 Å². The summed E-state index contributed by atoms with van der Waals surface area (Å²) in [6.45, 7) is 0. The maximum atomic E-state index is 13.1. The normalized spacial score (nSPS) is 12.0. The van der Waals surface area contributed by atoms with Gasteiger partial charge in [-0.15, -0.1) is 22.7 Å². The second kappa shape index (κ2) is 12.7. The van der Waals surface area contributed by atoms with Gasteiger partial charge in [0.2, 0.25) is 0 Å². The number of rotatable bonds is 8. The SMILES string of the molecule is FC(F)(F)c1cccc(Nc2nc(-c3cccc(/N=N/c4cccc(-c5csc(Nc6cccc(C(F)(F)F)c6)n5)c4)c3)cs2)c1. The van der Waals surface area contributed by atoms with Crippen molar-refractivity contribution in [3.63, 3.8) is 0 Å². The molecular formula is C32H20F6N6S2. The highest BCUT2D eigenvalue weighted by molar-refractivity contribution is 7.14. The van der Waals surface area contributed by atoms with E-state index in [9.17, 15) is 26.3 Å². The fraction of sp³-hybridized carbons (Fsp3) is 0.0625. The number of hydrogen-bond donors (Lipinski definition) is 2. The summed E-state index contributed by atoms with van der Waals surface area (Å²) in [6.07, 6.45) is -8.88. The molecule has 0 saturated heterocycles. The highest BCUT2D eigenvalue weighted by Crippen LogP contribution is 2.35. The minimum Gasteiger partial charge on any atom is -0.332 e. The Balaban J connectivity index is 1.13. The Morgan fingerprint density at radius 3 is 1.35 bits per heavy atom. The van der Waals surface area contributed by atoms with Gasteiger partial charge in [-0.2, -0.15) is 36.6 Å². The van der Waals surface area contributed by atoms with Crippen LogP contribution in [0.3, 0.4) is 0 Å². The van der Waals surface area contributed by atoms with Crippen LogP contribution in [0.2, 0.25) is 0 Å². The molecule has 2 aromatic heterocycles. The minimum absolute atomic E-state index is 0.279. The zero-order valence-corrected chi connectivity index (χ0v) is 24.9. The number of azo groups is 1. The predicted octanol–water partition coefficient (Wildman–Crippen LogP) is 11.9. The Bertz CT molecular complexity index is 1870. The molecule has 4 aromatic carbocycles. The van der Waals surface area contributed by atoms with E-state index in [0.29, 0.717) is 33.0 Å². The number of halogens is 6. The quantitative estimate of drug-likeness (QED) is 0.125. The second-order valence-electron chi connectivity index (χ2n) is 9.78. The summed E-state index contributed by atoms with van der Waals surface area (Å²) < 4.78 is 78.3. The van der Waals surface area contributed by atoms with Crippen LogP contribution in [-0.4, -0.2) is 9.97 Å². The van der Waals surface area contributed by atoms with Gasteiger partial charge in [0.25, 0.3) is 0 Å². The molecule has 0 aliphatic carbocycles. The van der Waals surface area contributed by atoms with Crippen molar-refractivity contribution in [2.45, 2.75) is 12.4 Å². The molecule has 14 heteroatoms. The number of thiazole rings is 2. The predicted molar refractivity (Wildman–Crippen MR) is 169 cm³/mol. The van der Waals surface area contributed by atoms with Gasteiger partial charge in [0, 0.05) is 33.3 Å². The Morgan fingerprint density at radius 1 is 0.522 bits per heavy atom. The number of hydrogen-bond acceptors (Lipinski definition) is 8. The monoisotopic (exact) mass is 666 g/mol. The van der Waals surface area contributed by atoms with Gasteiger partial charge in [-0.05, 0) is 60.7 Å². The molecule has 6 rings (SSSR count). The van der Waals surface area contributed by atoms with Crippen molar-refractivity contribution >= 4 is 55.7 Å². The van der Waals surface area contributed by atoms with Gasteiger partial charge in [0.1, 0.15) is 0 Å². The lowest BCUT2D eigenvalue weighted by Crippen LogP contribution is -2.05. The van der Waals surface area contributed by atoms with E-state index < -0.39 is 23.5 Å². The van der Waals surface area contributed by atoms with Crippen LogP contribution in [0, 0.1) is 0 Å². The molecule has 2 N–H and O–H groups in total. The molecule has 0 bridgehead atoms. The lowest BCUT2D eigenvalue weighted by Gasteiger charge is -2.09. The van der Waals surface area contributed by atoms with Crippen molar-refractivity contribution in [1.82, 2.24) is 9.97 Å². The number of nitrogens with zero attached hydrogens (tertiary/aromatic N) is 4. The number of aromatic nitrogens is 2. The van der Waals surface area contributed by atoms with E-state index in [1.165, 1.54) is 46.9 Å². The summed E-state index contributed by atoms with van der Waals surface area (Å²) >= 11 is 2.52. The number of anilines is 4. The lowest BCUT2D eigenvalue weighted by molar-refractivity contribution is -0.138. The zero-order chi connectivity index (χ0) is 32.3. The molecule has 0 aliphatic rings. The van der Waals surface area contributed by atoms with Gasteiger partial charge in [-0.25, -0.2) is 9.97 Å². The van der Waals surface area contributed by atoms with Crippen LogP contribution in [0.5, 0.6) is 0 Å². The standard InChI is InChI=1S/C32H20F6N6S2/c33-31(34,35)21-7-3-9-23(15-21)39-29-41-27(17-45-29)19-5-1-11-25(13-19)43-44-26-12-2-6-20(14-26)28-18-46-30(42-28)40-24-10-4-8-22(16-24)32(36,37)38/h1-18H,(H,39,41)(H,40,42)/b44-43+. The van der Waals surface area contributed by atoms with Crippen LogP contribution < -0.4 is 10.6 Å². The summed E-state index contributed by atoms with van der Waals surface area (Å²) in [7, 11) is 0. The van der Waals surface area contributed by atoms with E-state index in [2.05, 4.69) is 30.8 Å². The molecule has 0 fully saturated rings. The first-order valence-corrected chi connectivity index (χ1v) is 15.2. The first-order valence-electron chi connectivity index (χ1n) is 13.4. The average molecular weight is 667 g/mol. The topological polar surface area (TPSA) is 74.6 Å². The Hall–Kier alpha value is -5.08. The first kappa shape index (κ1) is 30.9. The lowest BCUT2D eigenvalue weighted by atomic mass is 10.1. The molecule has 232 valence electrons. The van der Waals surface area contributed by atoms with E-state index in [0.717, 1.165) is 35.4 Å². The van der Waals surface area contributed by atoms with Crippen LogP contribution in [0.15, 0.2) is 118 Å². The largest absolute Gasteiger partial charge is 0.416 e. The van der Waals surface area contributed by atoms with Crippen LogP contribution in [0.4, 0.5) is 59.4 Å². The molecule has 0 atom stereocenters. The number of alkyl halides is 6. The van der Waals surface area contributed by atoms with Crippen LogP contribution in [0.25, 0.3) is 22.5 Å². The molecule has 0 saturated carbocycles. The molecule has 6 nitrogen and oxygen atoms in total. The van der Waals surface area contributed by atoms with Crippen molar-refractivity contribution < 1.29 is 26.3 Å². The van der Waals surface area contributed by atoms with Crippen LogP contribution >= 0.6 is 22.7 Å². The second-order valence-corrected chi connectivity index (χ2v) is 11.5. The molecule has 6 aromatic rings. The average Bonchev–Trinajstić information content (AvgIpc) is 3.70. The highest BCUT2D eigenvalue weighted by Gasteiger charge is 2.31. The minimum atomic E-state index is -4.44. The third-order valence-electron chi connectivity index (χ3n) is 6.46. The van der Waals surface area contributed by atoms with Gasteiger partial charge in [-0.1, -0.05) is 36.4 Å². The number of benzene rings is 4. The van der Waals surface area contributed by atoms with E-state index in [-0.39, 0.29) is 11.4 Å². The fourth-order valence-electron chi connectivity index (χ4n) is 4.29. The summed E-state index contributed by atoms with van der Waals surface area (Å²) in [5.74, 6) is 0. The fourth-order valence-corrected chi connectivity index (χ4v) is 5.77. The van der Waals surface area contributed by atoms with Crippen molar-refractivity contribution in [3.05, 3.63) is 119 Å². The maximum Gasteiger partial charge on any atom is 0.416 e. The van der Waals surface area contributed by atoms with Crippen LogP contribution in [0.1, 0.15) is 11.1 Å². The first-order chi connectivity index (χ1) is 22.0. The summed E-state index contributed by atoms with van der Waals surface area (Å²) in [4.78, 5) is 9.02. The van der Waals surface area contributed by atoms with Gasteiger partial charge in [0.05, 0.1) is 33.9 Å². The van der Waals surface area contributed by atoms with Crippen molar-refractivity contribution in [1.29, 1.82) is 0 Å². The van der Waals surface area contributed by atoms with Gasteiger partial charge < -0.3 is 10.6 Å². The van der Waals surface area contributed by atoms with E-state index in [1.54, 1.807) is 47.2 Å². The third-order valence-corrected chi connectivity index (χ3v) is 7.97. The molecule has 46 heavy (non-hydrogen) atoms. The molecule has 0 amide bonds. The molecule has 0 unspecified atom stereocenters. The Labute approximate surface area is 266 Å². The van der Waals surface area contributed by atoms with Gasteiger partial charge in [-0.3, -0.25) is 0 Å². The van der Waals surface area contributed by atoms with Crippen molar-refractivity contribution in [3.8, 4) is 22.5 Å². The van der Waals surface area contributed by atoms with E-state index in [4.69, 9.17) is 0 Å². The van der Waals surface area contributed by atoms with Crippen molar-refractivity contribution in [2.75, 3.05) is 10.6 Å². The molecular weight excluding hydrogens is 647 g/mol. The Kier molecular flexibility index (Phi) is 8.56. The number of nitrogens with one attached hydrogen (secondary N) is 2. The van der Waals surface area contributed by atoms with Gasteiger partial charge >= 0.3 is 12.4 Å². The third kappa shape index (κ3) is 7.58. The highest BCUT2D eigenvalue weighted by atomic mass is 32.1. The van der Waals surface area contributed by atoms with E-state index >= 15 is 0 Å². The summed E-state index contributed by atoms with van der Waals surface area (Å²) in [5, 5.41) is 19.0. The maximum absolute atomic E-state index is 13.1. The van der Waals surface area contributed by atoms with Gasteiger partial charge in [0.15, 0.2) is 10.3 Å². The molecule has 2 heterocycles. The summed E-state index contributed by atoms with van der Waals surface area (Å²) in [5.41, 5.74) is 2.93.